The molecule has 0 radical (unpaired) electrons. The van der Waals surface area contributed by atoms with Crippen LogP contribution in [0.25, 0.3) is 0 Å². The predicted octanol–water partition coefficient (Wildman–Crippen LogP) is 2.31. The molecule has 0 saturated carbocycles. The van der Waals surface area contributed by atoms with Crippen molar-refractivity contribution in [1.29, 1.82) is 0 Å². The van der Waals surface area contributed by atoms with Gasteiger partial charge in [0.2, 0.25) is 0 Å². The molecule has 2 aliphatic heterocycles. The Balaban J connectivity index is 1.64. The van der Waals surface area contributed by atoms with Crippen LogP contribution in [0.15, 0.2) is 16.8 Å². The number of carbonyl (C=O) groups is 1. The first kappa shape index (κ1) is 14.0. The number of nitrogens with one attached hydrogen (secondary N) is 1. The van der Waals surface area contributed by atoms with E-state index in [9.17, 15) is 4.79 Å². The molecule has 0 bridgehead atoms. The number of rotatable bonds is 3. The van der Waals surface area contributed by atoms with Gasteiger partial charge in [0.1, 0.15) is 0 Å². The summed E-state index contributed by atoms with van der Waals surface area (Å²) in [4.78, 5) is 12.2. The minimum atomic E-state index is 0.0511. The van der Waals surface area contributed by atoms with Crippen LogP contribution in [0.2, 0.25) is 0 Å². The Morgan fingerprint density at radius 3 is 2.75 bits per heavy atom. The van der Waals surface area contributed by atoms with E-state index in [0.717, 1.165) is 51.3 Å². The van der Waals surface area contributed by atoms with Crippen LogP contribution in [0.3, 0.4) is 0 Å². The normalized spacial score (nSPS) is 28.2. The van der Waals surface area contributed by atoms with Crippen molar-refractivity contribution < 1.29 is 14.3 Å². The summed E-state index contributed by atoms with van der Waals surface area (Å²) in [6.07, 6.45) is 3.08. The van der Waals surface area contributed by atoms with Crippen molar-refractivity contribution in [3.63, 3.8) is 0 Å². The van der Waals surface area contributed by atoms with Gasteiger partial charge in [-0.25, -0.2) is 0 Å². The summed E-state index contributed by atoms with van der Waals surface area (Å²) in [5.41, 5.74) is 0.771. The van der Waals surface area contributed by atoms with Crippen molar-refractivity contribution >= 4 is 17.2 Å². The lowest BCUT2D eigenvalue weighted by molar-refractivity contribution is -0.0259. The topological polar surface area (TPSA) is 47.6 Å². The molecule has 3 heterocycles. The Morgan fingerprint density at radius 1 is 1.20 bits per heavy atom. The average Bonchev–Trinajstić information content (AvgIpc) is 3.03. The molecule has 0 unspecified atom stereocenters. The minimum absolute atomic E-state index is 0.0511. The first-order valence-corrected chi connectivity index (χ1v) is 8.27. The second-order valence-electron chi connectivity index (χ2n) is 5.57. The molecule has 1 amide bonds. The first-order chi connectivity index (χ1) is 9.84. The van der Waals surface area contributed by atoms with Gasteiger partial charge in [-0.05, 0) is 36.6 Å². The summed E-state index contributed by atoms with van der Waals surface area (Å²) in [7, 11) is 0. The second-order valence-corrected chi connectivity index (χ2v) is 6.35. The van der Waals surface area contributed by atoms with E-state index in [1.165, 1.54) is 0 Å². The number of hydrogen-bond acceptors (Lipinski definition) is 4. The lowest BCUT2D eigenvalue weighted by atomic mass is 9.79. The van der Waals surface area contributed by atoms with Crippen molar-refractivity contribution in [2.24, 2.45) is 11.8 Å². The molecule has 1 aromatic rings. The molecular weight excluding hydrogens is 274 g/mol. The van der Waals surface area contributed by atoms with E-state index >= 15 is 0 Å². The number of amides is 1. The molecule has 0 spiro atoms. The summed E-state index contributed by atoms with van der Waals surface area (Å²) >= 11 is 1.56. The highest BCUT2D eigenvalue weighted by Gasteiger charge is 2.34. The Hall–Kier alpha value is -0.910. The van der Waals surface area contributed by atoms with Gasteiger partial charge in [-0.15, -0.1) is 0 Å². The van der Waals surface area contributed by atoms with Gasteiger partial charge in [0.25, 0.3) is 5.91 Å². The molecule has 1 N–H and O–H groups in total. The number of ether oxygens (including phenoxy) is 2. The molecule has 2 fully saturated rings. The molecule has 5 heteroatoms. The van der Waals surface area contributed by atoms with Crippen molar-refractivity contribution in [3.8, 4) is 0 Å². The minimum Gasteiger partial charge on any atom is -0.381 e. The number of hydrogen-bond donors (Lipinski definition) is 1. The average molecular weight is 295 g/mol. The van der Waals surface area contributed by atoms with Crippen LogP contribution in [-0.4, -0.2) is 38.4 Å². The zero-order chi connectivity index (χ0) is 13.8. The fourth-order valence-corrected chi connectivity index (χ4v) is 3.83. The van der Waals surface area contributed by atoms with E-state index < -0.39 is 0 Å². The highest BCUT2D eigenvalue weighted by molar-refractivity contribution is 7.08. The molecule has 0 aromatic carbocycles. The standard InChI is InChI=1S/C15H21NO3S/c17-15(12-4-8-20-10-12)16-14-3-7-19-9-13(14)11-1-5-18-6-2-11/h4,8,10-11,13-14H,1-3,5-7,9H2,(H,16,17)/t13-,14-/m1/s1. The van der Waals surface area contributed by atoms with Crippen LogP contribution in [0, 0.1) is 11.8 Å². The monoisotopic (exact) mass is 295 g/mol. The van der Waals surface area contributed by atoms with Crippen molar-refractivity contribution in [2.45, 2.75) is 25.3 Å². The highest BCUT2D eigenvalue weighted by Crippen LogP contribution is 2.30. The van der Waals surface area contributed by atoms with Crippen LogP contribution >= 0.6 is 11.3 Å². The van der Waals surface area contributed by atoms with E-state index in [1.807, 2.05) is 16.8 Å². The van der Waals surface area contributed by atoms with Crippen molar-refractivity contribution in [2.75, 3.05) is 26.4 Å². The third-order valence-corrected chi connectivity index (χ3v) is 5.05. The molecule has 20 heavy (non-hydrogen) atoms. The summed E-state index contributed by atoms with van der Waals surface area (Å²) in [6.45, 7) is 3.19. The van der Waals surface area contributed by atoms with Gasteiger partial charge in [-0.3, -0.25) is 4.79 Å². The molecular formula is C15H21NO3S. The molecule has 1 aromatic heterocycles. The second kappa shape index (κ2) is 6.70. The lowest BCUT2D eigenvalue weighted by Gasteiger charge is -2.39. The first-order valence-electron chi connectivity index (χ1n) is 7.33. The van der Waals surface area contributed by atoms with E-state index in [0.29, 0.717) is 11.8 Å². The van der Waals surface area contributed by atoms with Gasteiger partial charge in [0, 0.05) is 42.7 Å². The van der Waals surface area contributed by atoms with Gasteiger partial charge in [0.15, 0.2) is 0 Å². The molecule has 0 aliphatic carbocycles. The van der Waals surface area contributed by atoms with Crippen molar-refractivity contribution in [1.82, 2.24) is 5.32 Å². The fourth-order valence-electron chi connectivity index (χ4n) is 3.19. The number of thiophene rings is 1. The summed E-state index contributed by atoms with van der Waals surface area (Å²) in [5, 5.41) is 7.06. The van der Waals surface area contributed by atoms with Crippen LogP contribution in [0.1, 0.15) is 29.6 Å². The summed E-state index contributed by atoms with van der Waals surface area (Å²) in [5.74, 6) is 1.09. The largest absolute Gasteiger partial charge is 0.381 e. The van der Waals surface area contributed by atoms with Gasteiger partial charge < -0.3 is 14.8 Å². The van der Waals surface area contributed by atoms with Gasteiger partial charge in [0.05, 0.1) is 6.61 Å². The Labute approximate surface area is 123 Å². The van der Waals surface area contributed by atoms with E-state index in [2.05, 4.69) is 5.32 Å². The maximum atomic E-state index is 12.2. The molecule has 2 atom stereocenters. The summed E-state index contributed by atoms with van der Waals surface area (Å²) in [6, 6.07) is 2.11. The molecule has 2 saturated heterocycles. The Bertz CT molecular complexity index is 428. The quantitative estimate of drug-likeness (QED) is 0.931. The van der Waals surface area contributed by atoms with Gasteiger partial charge in [-0.1, -0.05) is 0 Å². The van der Waals surface area contributed by atoms with Crippen LogP contribution in [0.5, 0.6) is 0 Å². The summed E-state index contributed by atoms with van der Waals surface area (Å²) < 4.78 is 11.1. The number of carbonyl (C=O) groups excluding carboxylic acids is 1. The van der Waals surface area contributed by atoms with Gasteiger partial charge in [-0.2, -0.15) is 11.3 Å². The Morgan fingerprint density at radius 2 is 2.00 bits per heavy atom. The molecule has 2 aliphatic rings. The SMILES string of the molecule is O=C(N[C@@H]1CCOC[C@@H]1C1CCOCC1)c1ccsc1. The third kappa shape index (κ3) is 3.22. The maximum absolute atomic E-state index is 12.2. The zero-order valence-electron chi connectivity index (χ0n) is 11.5. The third-order valence-electron chi connectivity index (χ3n) is 4.37. The van der Waals surface area contributed by atoms with Gasteiger partial charge >= 0.3 is 0 Å². The Kier molecular flexibility index (Phi) is 4.70. The molecule has 110 valence electrons. The van der Waals surface area contributed by atoms with Crippen LogP contribution < -0.4 is 5.32 Å². The highest BCUT2D eigenvalue weighted by atomic mass is 32.1. The van der Waals surface area contributed by atoms with Crippen molar-refractivity contribution in [3.05, 3.63) is 22.4 Å². The molecule has 4 nitrogen and oxygen atoms in total. The zero-order valence-corrected chi connectivity index (χ0v) is 12.4. The lowest BCUT2D eigenvalue weighted by Crippen LogP contribution is -2.49. The van der Waals surface area contributed by atoms with E-state index in [1.54, 1.807) is 11.3 Å². The predicted molar refractivity (Wildman–Crippen MR) is 78.0 cm³/mol. The smallest absolute Gasteiger partial charge is 0.252 e. The molecule has 3 rings (SSSR count). The maximum Gasteiger partial charge on any atom is 0.252 e. The van der Waals surface area contributed by atoms with Crippen LogP contribution in [-0.2, 0) is 9.47 Å². The fraction of sp³-hybridized carbons (Fsp3) is 0.667. The van der Waals surface area contributed by atoms with E-state index in [-0.39, 0.29) is 11.9 Å². The van der Waals surface area contributed by atoms with Crippen LogP contribution in [0.4, 0.5) is 0 Å². The van der Waals surface area contributed by atoms with E-state index in [4.69, 9.17) is 9.47 Å².